The fourth-order valence-electron chi connectivity index (χ4n) is 2.25. The van der Waals surface area contributed by atoms with E-state index < -0.39 is 0 Å². The monoisotopic (exact) mass is 174 g/mol. The van der Waals surface area contributed by atoms with Gasteiger partial charge in [-0.25, -0.2) is 0 Å². The van der Waals surface area contributed by atoms with E-state index in [0.717, 1.165) is 18.1 Å². The Kier molecular flexibility index (Phi) is 3.26. The second-order valence-electron chi connectivity index (χ2n) is 3.78. The Labute approximate surface area is 73.6 Å². The molecule has 1 nitrogen and oxygen atoms in total. The summed E-state index contributed by atoms with van der Waals surface area (Å²) in [6, 6.07) is 0. The van der Waals surface area contributed by atoms with Crippen molar-refractivity contribution in [2.75, 3.05) is 6.26 Å². The van der Waals surface area contributed by atoms with Gasteiger partial charge >= 0.3 is 0 Å². The first-order valence-electron chi connectivity index (χ1n) is 4.36. The highest BCUT2D eigenvalue weighted by Gasteiger charge is 2.31. The van der Waals surface area contributed by atoms with Gasteiger partial charge in [0.25, 0.3) is 0 Å². The zero-order valence-electron chi connectivity index (χ0n) is 7.58. The molecule has 0 aromatic rings. The maximum atomic E-state index is 9.45. The van der Waals surface area contributed by atoms with E-state index in [1.54, 1.807) is 0 Å². The Balaban J connectivity index is 2.52. The third-order valence-electron chi connectivity index (χ3n) is 2.68. The minimum atomic E-state index is -0.0385. The third-order valence-corrected chi connectivity index (χ3v) is 4.16. The lowest BCUT2D eigenvalue weighted by Gasteiger charge is -2.36. The van der Waals surface area contributed by atoms with Crippen LogP contribution in [0.25, 0.3) is 0 Å². The molecule has 0 aliphatic heterocycles. The molecule has 1 saturated carbocycles. The summed E-state index contributed by atoms with van der Waals surface area (Å²) < 4.78 is 0. The first kappa shape index (κ1) is 9.40. The van der Waals surface area contributed by atoms with E-state index in [-0.39, 0.29) is 6.10 Å². The summed E-state index contributed by atoms with van der Waals surface area (Å²) in [5, 5.41) is 10.2. The van der Waals surface area contributed by atoms with E-state index in [0.29, 0.717) is 11.8 Å². The minimum Gasteiger partial charge on any atom is -0.393 e. The number of hydrogen-bond donors (Lipinski definition) is 1. The summed E-state index contributed by atoms with van der Waals surface area (Å²) in [7, 11) is 0. The van der Waals surface area contributed by atoms with Crippen LogP contribution in [0.2, 0.25) is 0 Å². The molecular formula is C9H18OS. The van der Waals surface area contributed by atoms with Crippen LogP contribution in [0.1, 0.15) is 26.7 Å². The fourth-order valence-corrected chi connectivity index (χ4v) is 3.40. The van der Waals surface area contributed by atoms with Gasteiger partial charge in [0.15, 0.2) is 0 Å². The predicted octanol–water partition coefficient (Wildman–Crippen LogP) is 2.14. The normalized spacial score (nSPS) is 45.8. The number of thioether (sulfide) groups is 1. The molecule has 11 heavy (non-hydrogen) atoms. The van der Waals surface area contributed by atoms with Crippen LogP contribution in [0, 0.1) is 11.8 Å². The van der Waals surface area contributed by atoms with Crippen molar-refractivity contribution in [1.82, 2.24) is 0 Å². The minimum absolute atomic E-state index is 0.0385. The number of aliphatic hydroxyl groups excluding tert-OH is 1. The van der Waals surface area contributed by atoms with Crippen molar-refractivity contribution >= 4 is 11.8 Å². The lowest BCUT2D eigenvalue weighted by Crippen LogP contribution is -2.34. The van der Waals surface area contributed by atoms with Crippen molar-refractivity contribution in [2.45, 2.75) is 38.0 Å². The van der Waals surface area contributed by atoms with Crippen molar-refractivity contribution < 1.29 is 5.11 Å². The van der Waals surface area contributed by atoms with Gasteiger partial charge in [0.05, 0.1) is 6.10 Å². The molecule has 1 N–H and O–H groups in total. The SMILES string of the molecule is CSC1C(C)CC(O)CC1C. The van der Waals surface area contributed by atoms with Crippen LogP contribution in [0.3, 0.4) is 0 Å². The van der Waals surface area contributed by atoms with Crippen LogP contribution in [0.15, 0.2) is 0 Å². The van der Waals surface area contributed by atoms with Gasteiger partial charge in [-0.2, -0.15) is 11.8 Å². The molecule has 0 aromatic carbocycles. The van der Waals surface area contributed by atoms with E-state index >= 15 is 0 Å². The molecule has 0 heterocycles. The first-order chi connectivity index (χ1) is 5.15. The van der Waals surface area contributed by atoms with Gasteiger partial charge in [0.2, 0.25) is 0 Å². The van der Waals surface area contributed by atoms with Gasteiger partial charge < -0.3 is 5.11 Å². The zero-order valence-corrected chi connectivity index (χ0v) is 8.40. The quantitative estimate of drug-likeness (QED) is 0.657. The molecule has 2 atom stereocenters. The Morgan fingerprint density at radius 1 is 1.18 bits per heavy atom. The number of hydrogen-bond acceptors (Lipinski definition) is 2. The van der Waals surface area contributed by atoms with E-state index in [1.807, 2.05) is 11.8 Å². The van der Waals surface area contributed by atoms with Gasteiger partial charge in [0, 0.05) is 5.25 Å². The third kappa shape index (κ3) is 2.12. The summed E-state index contributed by atoms with van der Waals surface area (Å²) in [5.41, 5.74) is 0. The maximum Gasteiger partial charge on any atom is 0.0546 e. The van der Waals surface area contributed by atoms with Gasteiger partial charge in [-0.1, -0.05) is 13.8 Å². The molecule has 1 fully saturated rings. The second kappa shape index (κ2) is 3.81. The summed E-state index contributed by atoms with van der Waals surface area (Å²) in [6.45, 7) is 4.50. The van der Waals surface area contributed by atoms with E-state index in [2.05, 4.69) is 20.1 Å². The lowest BCUT2D eigenvalue weighted by molar-refractivity contribution is 0.0845. The molecule has 0 saturated heterocycles. The summed E-state index contributed by atoms with van der Waals surface area (Å²) in [5.74, 6) is 1.37. The fraction of sp³-hybridized carbons (Fsp3) is 1.00. The molecular weight excluding hydrogens is 156 g/mol. The largest absolute Gasteiger partial charge is 0.393 e. The van der Waals surface area contributed by atoms with E-state index in [1.165, 1.54) is 0 Å². The van der Waals surface area contributed by atoms with Crippen LogP contribution < -0.4 is 0 Å². The van der Waals surface area contributed by atoms with Crippen molar-refractivity contribution in [1.29, 1.82) is 0 Å². The van der Waals surface area contributed by atoms with Crippen molar-refractivity contribution in [3.05, 3.63) is 0 Å². The maximum absolute atomic E-state index is 9.45. The second-order valence-corrected chi connectivity index (χ2v) is 4.80. The Bertz CT molecular complexity index is 115. The first-order valence-corrected chi connectivity index (χ1v) is 5.64. The lowest BCUT2D eigenvalue weighted by atomic mass is 9.81. The van der Waals surface area contributed by atoms with Gasteiger partial charge in [0.1, 0.15) is 0 Å². The highest BCUT2D eigenvalue weighted by Crippen LogP contribution is 2.36. The molecule has 0 radical (unpaired) electrons. The van der Waals surface area contributed by atoms with E-state index in [4.69, 9.17) is 0 Å². The molecule has 0 amide bonds. The molecule has 0 bridgehead atoms. The topological polar surface area (TPSA) is 20.2 Å². The van der Waals surface area contributed by atoms with Crippen LogP contribution in [-0.2, 0) is 0 Å². The summed E-state index contributed by atoms with van der Waals surface area (Å²) in [6.07, 6.45) is 4.13. The summed E-state index contributed by atoms with van der Waals surface area (Å²) in [4.78, 5) is 0. The van der Waals surface area contributed by atoms with Gasteiger partial charge in [-0.15, -0.1) is 0 Å². The van der Waals surface area contributed by atoms with Crippen molar-refractivity contribution in [2.24, 2.45) is 11.8 Å². The van der Waals surface area contributed by atoms with Crippen LogP contribution >= 0.6 is 11.8 Å². The van der Waals surface area contributed by atoms with Crippen LogP contribution in [-0.4, -0.2) is 22.7 Å². The predicted molar refractivity (Wildman–Crippen MR) is 50.9 cm³/mol. The Morgan fingerprint density at radius 3 is 2.00 bits per heavy atom. The van der Waals surface area contributed by atoms with Crippen LogP contribution in [0.5, 0.6) is 0 Å². The molecule has 66 valence electrons. The Morgan fingerprint density at radius 2 is 1.64 bits per heavy atom. The van der Waals surface area contributed by atoms with Crippen LogP contribution in [0.4, 0.5) is 0 Å². The van der Waals surface area contributed by atoms with Crippen molar-refractivity contribution in [3.63, 3.8) is 0 Å². The molecule has 2 heteroatoms. The van der Waals surface area contributed by atoms with Gasteiger partial charge in [-0.05, 0) is 30.9 Å². The number of aliphatic hydroxyl groups is 1. The molecule has 0 aromatic heterocycles. The zero-order chi connectivity index (χ0) is 8.43. The molecule has 2 unspecified atom stereocenters. The average molecular weight is 174 g/mol. The molecule has 1 aliphatic rings. The number of rotatable bonds is 1. The standard InChI is InChI=1S/C9H18OS/c1-6-4-8(10)5-7(2)9(6)11-3/h6-10H,4-5H2,1-3H3. The molecule has 1 aliphatic carbocycles. The molecule has 1 rings (SSSR count). The smallest absolute Gasteiger partial charge is 0.0546 e. The highest BCUT2D eigenvalue weighted by atomic mass is 32.2. The molecule has 0 spiro atoms. The average Bonchev–Trinajstić information content (AvgIpc) is 1.85. The Hall–Kier alpha value is 0.310. The van der Waals surface area contributed by atoms with Gasteiger partial charge in [-0.3, -0.25) is 0 Å². The van der Waals surface area contributed by atoms with E-state index in [9.17, 15) is 5.11 Å². The summed E-state index contributed by atoms with van der Waals surface area (Å²) >= 11 is 1.95. The highest BCUT2D eigenvalue weighted by molar-refractivity contribution is 7.99. The van der Waals surface area contributed by atoms with Crippen molar-refractivity contribution in [3.8, 4) is 0 Å².